The van der Waals surface area contributed by atoms with Crippen molar-refractivity contribution in [3.05, 3.63) is 0 Å². The molecule has 1 aliphatic carbocycles. The Morgan fingerprint density at radius 1 is 1.17 bits per heavy atom. The Kier molecular flexibility index (Phi) is 9.76. The van der Waals surface area contributed by atoms with Gasteiger partial charge in [-0.3, -0.25) is 0 Å². The molecule has 0 amide bonds. The van der Waals surface area contributed by atoms with Crippen molar-refractivity contribution in [2.45, 2.75) is 79.7 Å². The molecule has 0 heterocycles. The predicted molar refractivity (Wildman–Crippen MR) is 79.8 cm³/mol. The van der Waals surface area contributed by atoms with Crippen LogP contribution in [0.2, 0.25) is 0 Å². The number of nitrogens with one attached hydrogen (secondary N) is 1. The minimum atomic E-state index is 0.243. The molecular formula is C16H35NO. The first-order valence-electron chi connectivity index (χ1n) is 8.03. The van der Waals surface area contributed by atoms with Crippen LogP contribution >= 0.6 is 0 Å². The van der Waals surface area contributed by atoms with Crippen LogP contribution in [0.25, 0.3) is 0 Å². The largest absolute Gasteiger partial charge is 0.317 e. The van der Waals surface area contributed by atoms with Crippen molar-refractivity contribution in [3.63, 3.8) is 0 Å². The van der Waals surface area contributed by atoms with Crippen LogP contribution in [-0.4, -0.2) is 11.2 Å². The fourth-order valence-electron chi connectivity index (χ4n) is 3.64. The number of hydrogen-bond donors (Lipinski definition) is 2. The third-order valence-electron chi connectivity index (χ3n) is 4.68. The first-order valence-corrected chi connectivity index (χ1v) is 8.03. The molecule has 2 nitrogen and oxygen atoms in total. The van der Waals surface area contributed by atoms with Crippen molar-refractivity contribution < 1.29 is 5.21 Å². The summed E-state index contributed by atoms with van der Waals surface area (Å²) in [5.41, 5.74) is 2.46. The van der Waals surface area contributed by atoms with Crippen molar-refractivity contribution in [3.8, 4) is 0 Å². The van der Waals surface area contributed by atoms with Crippen molar-refractivity contribution in [2.24, 2.45) is 23.7 Å². The molecule has 18 heavy (non-hydrogen) atoms. The molecule has 2 heteroatoms. The van der Waals surface area contributed by atoms with Gasteiger partial charge in [0.05, 0.1) is 0 Å². The summed E-state index contributed by atoms with van der Waals surface area (Å²) in [4.78, 5) is 0. The Labute approximate surface area is 115 Å². The van der Waals surface area contributed by atoms with Crippen LogP contribution in [0, 0.1) is 23.7 Å². The van der Waals surface area contributed by atoms with Gasteiger partial charge in [0.1, 0.15) is 0 Å². The molecule has 5 unspecified atom stereocenters. The van der Waals surface area contributed by atoms with Gasteiger partial charge < -0.3 is 5.21 Å². The van der Waals surface area contributed by atoms with E-state index < -0.39 is 0 Å². The molecule has 0 saturated heterocycles. The van der Waals surface area contributed by atoms with E-state index in [4.69, 9.17) is 5.21 Å². The highest BCUT2D eigenvalue weighted by Gasteiger charge is 2.35. The van der Waals surface area contributed by atoms with Gasteiger partial charge in [0, 0.05) is 6.04 Å². The van der Waals surface area contributed by atoms with E-state index in [-0.39, 0.29) is 6.04 Å². The van der Waals surface area contributed by atoms with Crippen LogP contribution in [0.3, 0.4) is 0 Å². The van der Waals surface area contributed by atoms with Crippen LogP contribution < -0.4 is 5.48 Å². The van der Waals surface area contributed by atoms with E-state index in [1.165, 1.54) is 32.1 Å². The molecule has 5 atom stereocenters. The van der Waals surface area contributed by atoms with Crippen LogP contribution in [0.15, 0.2) is 0 Å². The lowest BCUT2D eigenvalue weighted by Crippen LogP contribution is -2.41. The summed E-state index contributed by atoms with van der Waals surface area (Å²) in [5, 5.41) is 9.09. The fraction of sp³-hybridized carbons (Fsp3) is 1.00. The molecule has 1 fully saturated rings. The van der Waals surface area contributed by atoms with Gasteiger partial charge >= 0.3 is 0 Å². The molecule has 1 aliphatic rings. The summed E-state index contributed by atoms with van der Waals surface area (Å²) in [6.45, 7) is 13.1. The first-order chi connectivity index (χ1) is 8.63. The maximum atomic E-state index is 9.09. The lowest BCUT2D eigenvalue weighted by molar-refractivity contribution is 0.0357. The molecule has 0 aliphatic heterocycles. The average molecular weight is 257 g/mol. The van der Waals surface area contributed by atoms with Crippen molar-refractivity contribution in [1.29, 1.82) is 0 Å². The normalized spacial score (nSPS) is 33.5. The average Bonchev–Trinajstić information content (AvgIpc) is 2.42. The molecule has 2 N–H and O–H groups in total. The maximum Gasteiger partial charge on any atom is 0.0322 e. The monoisotopic (exact) mass is 257 g/mol. The van der Waals surface area contributed by atoms with Crippen LogP contribution in [0.5, 0.6) is 0 Å². The van der Waals surface area contributed by atoms with Crippen LogP contribution in [0.1, 0.15) is 73.6 Å². The number of hydroxylamine groups is 1. The highest BCUT2D eigenvalue weighted by atomic mass is 16.5. The molecule has 0 aromatic rings. The van der Waals surface area contributed by atoms with Gasteiger partial charge in [0.2, 0.25) is 0 Å². The molecule has 110 valence electrons. The van der Waals surface area contributed by atoms with E-state index in [2.05, 4.69) is 33.2 Å². The second-order valence-electron chi connectivity index (χ2n) is 5.75. The van der Waals surface area contributed by atoms with Gasteiger partial charge in [-0.05, 0) is 43.4 Å². The Morgan fingerprint density at radius 2 is 1.78 bits per heavy atom. The number of hydrogen-bond acceptors (Lipinski definition) is 2. The van der Waals surface area contributed by atoms with Crippen molar-refractivity contribution in [1.82, 2.24) is 5.48 Å². The molecule has 1 rings (SSSR count). The Hall–Kier alpha value is -0.0800. The fourth-order valence-corrected chi connectivity index (χ4v) is 3.64. The van der Waals surface area contributed by atoms with Crippen molar-refractivity contribution in [2.75, 3.05) is 0 Å². The molecule has 0 spiro atoms. The quantitative estimate of drug-likeness (QED) is 0.689. The van der Waals surface area contributed by atoms with Crippen LogP contribution in [-0.2, 0) is 0 Å². The summed E-state index contributed by atoms with van der Waals surface area (Å²) >= 11 is 0. The molecular weight excluding hydrogens is 222 g/mol. The summed E-state index contributed by atoms with van der Waals surface area (Å²) < 4.78 is 0. The van der Waals surface area contributed by atoms with E-state index in [0.29, 0.717) is 5.92 Å². The van der Waals surface area contributed by atoms with Gasteiger partial charge in [-0.15, -0.1) is 0 Å². The van der Waals surface area contributed by atoms with E-state index in [0.717, 1.165) is 17.8 Å². The molecule has 0 aromatic heterocycles. The maximum absolute atomic E-state index is 9.09. The molecule has 0 aromatic carbocycles. The zero-order valence-electron chi connectivity index (χ0n) is 13.4. The second kappa shape index (κ2) is 9.80. The van der Waals surface area contributed by atoms with E-state index in [1.54, 1.807) is 0 Å². The van der Waals surface area contributed by atoms with Gasteiger partial charge in [0.15, 0.2) is 0 Å². The zero-order chi connectivity index (χ0) is 14.1. The van der Waals surface area contributed by atoms with Gasteiger partial charge in [0.25, 0.3) is 0 Å². The zero-order valence-corrected chi connectivity index (χ0v) is 13.4. The summed E-state index contributed by atoms with van der Waals surface area (Å²) in [6.07, 6.45) is 6.62. The summed E-state index contributed by atoms with van der Waals surface area (Å²) in [7, 11) is 0. The minimum Gasteiger partial charge on any atom is -0.317 e. The van der Waals surface area contributed by atoms with E-state index in [1.807, 2.05) is 13.8 Å². The third-order valence-corrected chi connectivity index (χ3v) is 4.68. The smallest absolute Gasteiger partial charge is 0.0322 e. The highest BCUT2D eigenvalue weighted by molar-refractivity contribution is 4.87. The SMILES string of the molecule is CC.CCCC1CC(C(C)NO)C(C)CC1CC. The van der Waals surface area contributed by atoms with Crippen LogP contribution in [0.4, 0.5) is 0 Å². The van der Waals surface area contributed by atoms with Crippen molar-refractivity contribution >= 4 is 0 Å². The molecule has 1 saturated carbocycles. The topological polar surface area (TPSA) is 32.3 Å². The summed E-state index contributed by atoms with van der Waals surface area (Å²) in [6, 6.07) is 0.243. The Bertz CT molecular complexity index is 196. The first kappa shape index (κ1) is 17.9. The highest BCUT2D eigenvalue weighted by Crippen LogP contribution is 2.42. The number of rotatable bonds is 5. The molecule has 0 radical (unpaired) electrons. The van der Waals surface area contributed by atoms with Gasteiger partial charge in [-0.25, -0.2) is 5.48 Å². The Balaban J connectivity index is 0.00000137. The summed E-state index contributed by atoms with van der Waals surface area (Å²) in [5.74, 6) is 3.18. The minimum absolute atomic E-state index is 0.243. The van der Waals surface area contributed by atoms with E-state index in [9.17, 15) is 0 Å². The Morgan fingerprint density at radius 3 is 2.22 bits per heavy atom. The molecule has 0 bridgehead atoms. The third kappa shape index (κ3) is 4.89. The predicted octanol–water partition coefficient (Wildman–Crippen LogP) is 4.87. The lowest BCUT2D eigenvalue weighted by atomic mass is 9.65. The van der Waals surface area contributed by atoms with Gasteiger partial charge in [-0.1, -0.05) is 53.9 Å². The second-order valence-corrected chi connectivity index (χ2v) is 5.75. The lowest BCUT2D eigenvalue weighted by Gasteiger charge is -2.42. The van der Waals surface area contributed by atoms with Gasteiger partial charge in [-0.2, -0.15) is 0 Å². The standard InChI is InChI=1S/C14H29NO.C2H6/c1-5-7-13-9-14(11(4)15-16)10(3)8-12(13)6-2;1-2/h10-16H,5-9H2,1-4H3;1-2H3. The van der Waals surface area contributed by atoms with E-state index >= 15 is 0 Å².